The van der Waals surface area contributed by atoms with E-state index < -0.39 is 0 Å². The van der Waals surface area contributed by atoms with E-state index >= 15 is 0 Å². The van der Waals surface area contributed by atoms with Crippen molar-refractivity contribution in [3.63, 3.8) is 0 Å². The minimum atomic E-state index is -0.386. The Bertz CT molecular complexity index is 709. The van der Waals surface area contributed by atoms with E-state index in [0.717, 1.165) is 12.8 Å². The zero-order chi connectivity index (χ0) is 19.6. The third kappa shape index (κ3) is 5.08. The summed E-state index contributed by atoms with van der Waals surface area (Å²) in [5.41, 5.74) is 0.910. The first-order valence-electron chi connectivity index (χ1n) is 9.75. The Morgan fingerprint density at radius 3 is 2.07 bits per heavy atom. The van der Waals surface area contributed by atoms with Gasteiger partial charge in [0.05, 0.1) is 0 Å². The summed E-state index contributed by atoms with van der Waals surface area (Å²) in [5.74, 6) is -0.0346. The summed E-state index contributed by atoms with van der Waals surface area (Å²) in [6.45, 7) is 7.00. The molecule has 1 aliphatic carbocycles. The molecule has 0 spiro atoms. The highest BCUT2D eigenvalue weighted by Gasteiger charge is 2.32. The van der Waals surface area contributed by atoms with Crippen LogP contribution in [0.15, 0.2) is 24.3 Å². The summed E-state index contributed by atoms with van der Waals surface area (Å²) >= 11 is 0. The van der Waals surface area contributed by atoms with E-state index in [1.807, 2.05) is 25.7 Å². The minimum absolute atomic E-state index is 0.0203. The second-order valence-electron chi connectivity index (χ2n) is 8.63. The predicted octanol–water partition coefficient (Wildman–Crippen LogP) is 2.80. The Hall–Kier alpha value is -2.37. The molecular formula is C21H29N3O3. The first-order chi connectivity index (χ1) is 12.7. The highest BCUT2D eigenvalue weighted by Crippen LogP contribution is 2.25. The molecule has 1 saturated carbocycles. The summed E-state index contributed by atoms with van der Waals surface area (Å²) in [4.78, 5) is 38.7. The second-order valence-corrected chi connectivity index (χ2v) is 8.63. The molecule has 0 bridgehead atoms. The molecule has 27 heavy (non-hydrogen) atoms. The number of rotatable bonds is 4. The molecule has 1 aromatic carbocycles. The number of anilines is 1. The van der Waals surface area contributed by atoms with Crippen molar-refractivity contribution in [2.75, 3.05) is 18.4 Å². The Kier molecular flexibility index (Phi) is 5.53. The molecule has 1 aromatic rings. The molecule has 1 saturated heterocycles. The molecule has 2 N–H and O–H groups in total. The molecule has 0 atom stereocenters. The molecule has 1 aliphatic heterocycles. The van der Waals surface area contributed by atoms with Gasteiger partial charge in [0.2, 0.25) is 11.8 Å². The molecule has 0 radical (unpaired) electrons. The molecule has 0 unspecified atom stereocenters. The lowest BCUT2D eigenvalue weighted by Gasteiger charge is -2.35. The number of likely N-dealkylation sites (tertiary alicyclic amines) is 1. The summed E-state index contributed by atoms with van der Waals surface area (Å²) in [6.07, 6.45) is 3.46. The van der Waals surface area contributed by atoms with Gasteiger partial charge in [0.1, 0.15) is 0 Å². The largest absolute Gasteiger partial charge is 0.349 e. The quantitative estimate of drug-likeness (QED) is 0.854. The van der Waals surface area contributed by atoms with Crippen LogP contribution in [-0.2, 0) is 9.59 Å². The van der Waals surface area contributed by atoms with Crippen molar-refractivity contribution >= 4 is 23.4 Å². The number of hydrogen-bond donors (Lipinski definition) is 2. The topological polar surface area (TPSA) is 78.5 Å². The third-order valence-electron chi connectivity index (χ3n) is 5.12. The van der Waals surface area contributed by atoms with Gasteiger partial charge in [-0.15, -0.1) is 0 Å². The van der Waals surface area contributed by atoms with Gasteiger partial charge in [-0.25, -0.2) is 0 Å². The summed E-state index contributed by atoms with van der Waals surface area (Å²) in [5, 5.41) is 5.88. The van der Waals surface area contributed by atoms with Crippen molar-refractivity contribution in [2.45, 2.75) is 52.5 Å². The zero-order valence-corrected chi connectivity index (χ0v) is 16.4. The molecule has 146 valence electrons. The van der Waals surface area contributed by atoms with Crippen LogP contribution in [0.1, 0.15) is 56.8 Å². The smallest absolute Gasteiger partial charge is 0.251 e. The van der Waals surface area contributed by atoms with Crippen LogP contribution >= 0.6 is 0 Å². The number of nitrogens with zero attached hydrogens (tertiary/aromatic N) is 1. The molecular weight excluding hydrogens is 342 g/mol. The maximum absolute atomic E-state index is 12.5. The van der Waals surface area contributed by atoms with Gasteiger partial charge in [-0.05, 0) is 49.9 Å². The van der Waals surface area contributed by atoms with Crippen molar-refractivity contribution in [1.29, 1.82) is 0 Å². The molecule has 3 rings (SSSR count). The monoisotopic (exact) mass is 371 g/mol. The average Bonchev–Trinajstić information content (AvgIpc) is 3.45. The maximum atomic E-state index is 12.5. The molecule has 6 nitrogen and oxygen atoms in total. The van der Waals surface area contributed by atoms with Crippen molar-refractivity contribution < 1.29 is 14.4 Å². The van der Waals surface area contributed by atoms with Crippen LogP contribution in [0.4, 0.5) is 5.69 Å². The number of amides is 3. The number of hydrogen-bond acceptors (Lipinski definition) is 3. The number of carbonyl (C=O) groups excluding carboxylic acids is 3. The van der Waals surface area contributed by atoms with E-state index in [9.17, 15) is 14.4 Å². The number of nitrogens with one attached hydrogen (secondary N) is 2. The molecule has 6 heteroatoms. The van der Waals surface area contributed by atoms with Crippen LogP contribution < -0.4 is 10.6 Å². The fourth-order valence-corrected chi connectivity index (χ4v) is 3.26. The Morgan fingerprint density at radius 1 is 0.963 bits per heavy atom. The molecule has 3 amide bonds. The molecule has 0 aromatic heterocycles. The van der Waals surface area contributed by atoms with Gasteiger partial charge < -0.3 is 15.5 Å². The molecule has 2 aliphatic rings. The predicted molar refractivity (Wildman–Crippen MR) is 104 cm³/mol. The van der Waals surface area contributed by atoms with E-state index in [4.69, 9.17) is 0 Å². The number of carbonyl (C=O) groups is 3. The lowest BCUT2D eigenvalue weighted by molar-refractivity contribution is -0.142. The third-order valence-corrected chi connectivity index (χ3v) is 5.12. The van der Waals surface area contributed by atoms with Crippen molar-refractivity contribution in [1.82, 2.24) is 10.2 Å². The highest BCUT2D eigenvalue weighted by molar-refractivity contribution is 5.96. The summed E-state index contributed by atoms with van der Waals surface area (Å²) < 4.78 is 0. The average molecular weight is 371 g/mol. The minimum Gasteiger partial charge on any atom is -0.349 e. The van der Waals surface area contributed by atoms with Gasteiger partial charge in [0.25, 0.3) is 5.91 Å². The van der Waals surface area contributed by atoms with Crippen molar-refractivity contribution in [3.05, 3.63) is 29.8 Å². The van der Waals surface area contributed by atoms with E-state index in [1.165, 1.54) is 0 Å². The van der Waals surface area contributed by atoms with Crippen molar-refractivity contribution in [2.24, 2.45) is 11.3 Å². The lowest BCUT2D eigenvalue weighted by Crippen LogP contribution is -2.45. The van der Waals surface area contributed by atoms with Gasteiger partial charge in [-0.2, -0.15) is 0 Å². The Morgan fingerprint density at radius 2 is 1.56 bits per heavy atom. The highest BCUT2D eigenvalue weighted by atomic mass is 16.2. The van der Waals surface area contributed by atoms with E-state index in [2.05, 4.69) is 10.6 Å². The van der Waals surface area contributed by atoms with E-state index in [0.29, 0.717) is 43.2 Å². The normalized spacial score (nSPS) is 18.1. The van der Waals surface area contributed by atoms with Crippen LogP contribution in [0.25, 0.3) is 0 Å². The SMILES string of the molecule is CC(C)(C)C(=O)N1CCC(C(=O)Nc2ccc(C(=O)NC3CC3)cc2)CC1. The fourth-order valence-electron chi connectivity index (χ4n) is 3.26. The Labute approximate surface area is 160 Å². The Balaban J connectivity index is 1.49. The van der Waals surface area contributed by atoms with Crippen LogP contribution in [0, 0.1) is 11.3 Å². The second kappa shape index (κ2) is 7.71. The number of piperidine rings is 1. The van der Waals surface area contributed by atoms with E-state index in [-0.39, 0.29) is 29.1 Å². The van der Waals surface area contributed by atoms with Crippen LogP contribution in [0.2, 0.25) is 0 Å². The first-order valence-corrected chi connectivity index (χ1v) is 9.75. The van der Waals surface area contributed by atoms with E-state index in [1.54, 1.807) is 24.3 Å². The molecule has 2 fully saturated rings. The summed E-state index contributed by atoms with van der Waals surface area (Å²) in [6, 6.07) is 7.32. The van der Waals surface area contributed by atoms with Gasteiger partial charge in [0, 0.05) is 41.7 Å². The lowest BCUT2D eigenvalue weighted by atomic mass is 9.90. The van der Waals surface area contributed by atoms with Gasteiger partial charge >= 0.3 is 0 Å². The van der Waals surface area contributed by atoms with Crippen LogP contribution in [0.5, 0.6) is 0 Å². The standard InChI is InChI=1S/C21H29N3O3/c1-21(2,3)20(27)24-12-10-15(11-13-24)19(26)22-16-6-4-14(5-7-16)18(25)23-17-8-9-17/h4-7,15,17H,8-13H2,1-3H3,(H,22,26)(H,23,25). The van der Waals surface area contributed by atoms with Gasteiger partial charge in [-0.1, -0.05) is 20.8 Å². The van der Waals surface area contributed by atoms with Gasteiger partial charge in [0.15, 0.2) is 0 Å². The summed E-state index contributed by atoms with van der Waals surface area (Å²) in [7, 11) is 0. The van der Waals surface area contributed by atoms with Crippen LogP contribution in [-0.4, -0.2) is 41.8 Å². The van der Waals surface area contributed by atoms with Crippen molar-refractivity contribution in [3.8, 4) is 0 Å². The first kappa shape index (κ1) is 19.4. The van der Waals surface area contributed by atoms with Gasteiger partial charge in [-0.3, -0.25) is 14.4 Å². The number of benzene rings is 1. The zero-order valence-electron chi connectivity index (χ0n) is 16.4. The van der Waals surface area contributed by atoms with Crippen LogP contribution in [0.3, 0.4) is 0 Å². The maximum Gasteiger partial charge on any atom is 0.251 e. The fraction of sp³-hybridized carbons (Fsp3) is 0.571. The molecule has 1 heterocycles.